The Morgan fingerprint density at radius 3 is 2.57 bits per heavy atom. The number of benzene rings is 2. The van der Waals surface area contributed by atoms with Gasteiger partial charge >= 0.3 is 0 Å². The molecule has 0 radical (unpaired) electrons. The van der Waals surface area contributed by atoms with Crippen LogP contribution >= 0.6 is 11.6 Å². The Morgan fingerprint density at radius 1 is 1.24 bits per heavy atom. The van der Waals surface area contributed by atoms with Gasteiger partial charge in [-0.2, -0.15) is 0 Å². The number of nitrogens with two attached hydrogens (primary N) is 1. The lowest BCUT2D eigenvalue weighted by Gasteiger charge is -2.16. The van der Waals surface area contributed by atoms with Crippen LogP contribution in [0.3, 0.4) is 0 Å². The number of rotatable bonds is 4. The summed E-state index contributed by atoms with van der Waals surface area (Å²) in [5.74, 6) is -0.589. The molecule has 0 amide bonds. The van der Waals surface area contributed by atoms with E-state index in [1.807, 2.05) is 0 Å². The highest BCUT2D eigenvalue weighted by atomic mass is 35.5. The largest absolute Gasteiger partial charge is 0.398 e. The van der Waals surface area contributed by atoms with Crippen molar-refractivity contribution in [2.45, 2.75) is 17.9 Å². The van der Waals surface area contributed by atoms with E-state index in [0.717, 1.165) is 18.2 Å². The molecule has 7 heteroatoms. The maximum Gasteiger partial charge on any atom is 0.243 e. The predicted molar refractivity (Wildman–Crippen MR) is 81.0 cm³/mol. The quantitative estimate of drug-likeness (QED) is 0.847. The van der Waals surface area contributed by atoms with Crippen molar-refractivity contribution in [1.29, 1.82) is 0 Å². The van der Waals surface area contributed by atoms with Gasteiger partial charge in [0, 0.05) is 11.1 Å². The van der Waals surface area contributed by atoms with E-state index in [1.54, 1.807) is 31.2 Å². The van der Waals surface area contributed by atoms with Crippen molar-refractivity contribution in [1.82, 2.24) is 4.72 Å². The number of hydrogen-bond acceptors (Lipinski definition) is 3. The van der Waals surface area contributed by atoms with Crippen molar-refractivity contribution < 1.29 is 12.8 Å². The monoisotopic (exact) mass is 328 g/mol. The molecule has 112 valence electrons. The van der Waals surface area contributed by atoms with Gasteiger partial charge in [0.15, 0.2) is 0 Å². The molecule has 0 bridgehead atoms. The normalized spacial score (nSPS) is 13.1. The zero-order valence-corrected chi connectivity index (χ0v) is 12.7. The molecule has 21 heavy (non-hydrogen) atoms. The zero-order valence-electron chi connectivity index (χ0n) is 11.2. The van der Waals surface area contributed by atoms with E-state index in [9.17, 15) is 12.8 Å². The number of anilines is 1. The summed E-state index contributed by atoms with van der Waals surface area (Å²) in [6, 6.07) is 9.51. The molecule has 0 aliphatic heterocycles. The van der Waals surface area contributed by atoms with E-state index in [2.05, 4.69) is 4.72 Å². The second-order valence-corrected chi connectivity index (χ2v) is 6.70. The molecular weight excluding hydrogens is 315 g/mol. The van der Waals surface area contributed by atoms with Crippen LogP contribution in [0.2, 0.25) is 5.02 Å². The molecule has 1 unspecified atom stereocenters. The minimum absolute atomic E-state index is 0.138. The first-order chi connectivity index (χ1) is 9.79. The molecule has 0 heterocycles. The Balaban J connectivity index is 2.29. The van der Waals surface area contributed by atoms with Crippen LogP contribution in [-0.4, -0.2) is 8.42 Å². The average molecular weight is 329 g/mol. The minimum Gasteiger partial charge on any atom is -0.398 e. The lowest BCUT2D eigenvalue weighted by molar-refractivity contribution is 0.567. The third-order valence-electron chi connectivity index (χ3n) is 2.94. The van der Waals surface area contributed by atoms with Crippen LogP contribution in [0.15, 0.2) is 47.4 Å². The number of nitrogens with one attached hydrogen (secondary N) is 1. The Morgan fingerprint density at radius 2 is 1.95 bits per heavy atom. The van der Waals surface area contributed by atoms with Gasteiger partial charge in [0.25, 0.3) is 0 Å². The summed E-state index contributed by atoms with van der Waals surface area (Å²) >= 11 is 5.88. The van der Waals surface area contributed by atoms with Crippen LogP contribution in [-0.2, 0) is 10.0 Å². The number of sulfonamides is 1. The Kier molecular flexibility index (Phi) is 4.51. The highest BCUT2D eigenvalue weighted by Gasteiger charge is 2.21. The first-order valence-electron chi connectivity index (χ1n) is 6.12. The molecule has 0 aromatic heterocycles. The standard InChI is InChI=1S/C14H14ClFN2O2S/c1-9(10-3-2-4-11(15)7-10)18-21(19,20)14-6-5-12(16)8-13(14)17/h2-9,18H,17H2,1H3. The highest BCUT2D eigenvalue weighted by Crippen LogP contribution is 2.23. The molecule has 2 rings (SSSR count). The van der Waals surface area contributed by atoms with Crippen LogP contribution in [0.25, 0.3) is 0 Å². The minimum atomic E-state index is -3.85. The van der Waals surface area contributed by atoms with Gasteiger partial charge in [0.05, 0.1) is 5.69 Å². The van der Waals surface area contributed by atoms with Crippen LogP contribution in [0.1, 0.15) is 18.5 Å². The molecular formula is C14H14ClFN2O2S. The summed E-state index contributed by atoms with van der Waals surface area (Å²) in [6.45, 7) is 1.68. The second kappa shape index (κ2) is 6.01. The van der Waals surface area contributed by atoms with Gasteiger partial charge in [0.1, 0.15) is 10.7 Å². The Hall–Kier alpha value is -1.63. The molecule has 0 spiro atoms. The van der Waals surface area contributed by atoms with Crippen LogP contribution in [0, 0.1) is 5.82 Å². The molecule has 0 aliphatic carbocycles. The van der Waals surface area contributed by atoms with E-state index in [1.165, 1.54) is 0 Å². The van der Waals surface area contributed by atoms with Gasteiger partial charge < -0.3 is 5.73 Å². The van der Waals surface area contributed by atoms with Crippen molar-refractivity contribution in [2.75, 3.05) is 5.73 Å². The number of nitrogen functional groups attached to an aromatic ring is 1. The van der Waals surface area contributed by atoms with Crippen LogP contribution in [0.4, 0.5) is 10.1 Å². The SMILES string of the molecule is CC(NS(=O)(=O)c1ccc(F)cc1N)c1cccc(Cl)c1. The summed E-state index contributed by atoms with van der Waals surface area (Å²) in [5.41, 5.74) is 6.14. The first kappa shape index (κ1) is 15.8. The van der Waals surface area contributed by atoms with Gasteiger partial charge in [-0.05, 0) is 42.8 Å². The van der Waals surface area contributed by atoms with Crippen molar-refractivity contribution in [3.63, 3.8) is 0 Å². The third-order valence-corrected chi connectivity index (χ3v) is 4.79. The smallest absolute Gasteiger partial charge is 0.243 e. The lowest BCUT2D eigenvalue weighted by Crippen LogP contribution is -2.27. The van der Waals surface area contributed by atoms with E-state index in [0.29, 0.717) is 10.6 Å². The van der Waals surface area contributed by atoms with E-state index in [4.69, 9.17) is 17.3 Å². The molecule has 4 nitrogen and oxygen atoms in total. The Bertz CT molecular complexity index is 765. The van der Waals surface area contributed by atoms with E-state index in [-0.39, 0.29) is 10.6 Å². The van der Waals surface area contributed by atoms with Gasteiger partial charge in [-0.3, -0.25) is 0 Å². The topological polar surface area (TPSA) is 72.2 Å². The Labute approximate surface area is 127 Å². The first-order valence-corrected chi connectivity index (χ1v) is 7.98. The van der Waals surface area contributed by atoms with Crippen molar-refractivity contribution in [2.24, 2.45) is 0 Å². The fourth-order valence-corrected chi connectivity index (χ4v) is 3.45. The van der Waals surface area contributed by atoms with E-state index < -0.39 is 21.9 Å². The van der Waals surface area contributed by atoms with Crippen LogP contribution < -0.4 is 10.5 Å². The molecule has 0 fully saturated rings. The fraction of sp³-hybridized carbons (Fsp3) is 0.143. The second-order valence-electron chi connectivity index (χ2n) is 4.58. The van der Waals surface area contributed by atoms with Gasteiger partial charge in [0.2, 0.25) is 10.0 Å². The highest BCUT2D eigenvalue weighted by molar-refractivity contribution is 7.89. The molecule has 0 saturated heterocycles. The molecule has 2 aromatic rings. The van der Waals surface area contributed by atoms with Gasteiger partial charge in [-0.15, -0.1) is 0 Å². The average Bonchev–Trinajstić information content (AvgIpc) is 2.37. The summed E-state index contributed by atoms with van der Waals surface area (Å²) in [5, 5.41) is 0.514. The summed E-state index contributed by atoms with van der Waals surface area (Å²) < 4.78 is 40.1. The maximum atomic E-state index is 13.0. The summed E-state index contributed by atoms with van der Waals surface area (Å²) in [6.07, 6.45) is 0. The molecule has 1 atom stereocenters. The molecule has 2 aromatic carbocycles. The molecule has 3 N–H and O–H groups in total. The fourth-order valence-electron chi connectivity index (χ4n) is 1.90. The van der Waals surface area contributed by atoms with Crippen molar-refractivity contribution in [3.05, 3.63) is 58.9 Å². The van der Waals surface area contributed by atoms with Crippen LogP contribution in [0.5, 0.6) is 0 Å². The predicted octanol–water partition coefficient (Wildman–Crippen LogP) is 3.10. The van der Waals surface area contributed by atoms with E-state index >= 15 is 0 Å². The van der Waals surface area contributed by atoms with Crippen molar-refractivity contribution >= 4 is 27.3 Å². The van der Waals surface area contributed by atoms with Gasteiger partial charge in [-0.1, -0.05) is 23.7 Å². The molecule has 0 saturated carbocycles. The molecule has 0 aliphatic rings. The number of halogens is 2. The maximum absolute atomic E-state index is 13.0. The zero-order chi connectivity index (χ0) is 15.6. The third kappa shape index (κ3) is 3.72. The number of hydrogen-bond donors (Lipinski definition) is 2. The van der Waals surface area contributed by atoms with Gasteiger partial charge in [-0.25, -0.2) is 17.5 Å². The van der Waals surface area contributed by atoms with Crippen molar-refractivity contribution in [3.8, 4) is 0 Å². The summed E-state index contributed by atoms with van der Waals surface area (Å²) in [4.78, 5) is -0.155. The summed E-state index contributed by atoms with van der Waals surface area (Å²) in [7, 11) is -3.85. The lowest BCUT2D eigenvalue weighted by atomic mass is 10.1.